The predicted octanol–water partition coefficient (Wildman–Crippen LogP) is 2.60. The van der Waals surface area contributed by atoms with E-state index >= 15 is 0 Å². The van der Waals surface area contributed by atoms with Crippen LogP contribution in [0.4, 0.5) is 5.69 Å². The Kier molecular flexibility index (Phi) is 3.78. The highest BCUT2D eigenvalue weighted by Gasteiger charge is 2.19. The Labute approximate surface area is 117 Å². The largest absolute Gasteiger partial charge is 0.396 e. The minimum Gasteiger partial charge on any atom is -0.396 e. The van der Waals surface area contributed by atoms with Gasteiger partial charge in [0.1, 0.15) is 0 Å². The standard InChI is InChI=1S/C13H13ClN2O2S/c1-9-2-3-10(11(14)6-9)8-19(17,18)13-4-5-16-7-12(13)15/h2-7H,8,15H2,1H3. The summed E-state index contributed by atoms with van der Waals surface area (Å²) in [6.45, 7) is 1.89. The number of nitrogens with two attached hydrogens (primary N) is 1. The van der Waals surface area contributed by atoms with Gasteiger partial charge in [-0.05, 0) is 30.2 Å². The fraction of sp³-hybridized carbons (Fsp3) is 0.154. The fourth-order valence-corrected chi connectivity index (χ4v) is 3.61. The first kappa shape index (κ1) is 13.8. The number of anilines is 1. The van der Waals surface area contributed by atoms with Crippen molar-refractivity contribution in [3.63, 3.8) is 0 Å². The molecule has 0 aliphatic carbocycles. The van der Waals surface area contributed by atoms with Gasteiger partial charge in [-0.25, -0.2) is 8.42 Å². The van der Waals surface area contributed by atoms with Gasteiger partial charge < -0.3 is 5.73 Å². The van der Waals surface area contributed by atoms with Gasteiger partial charge in [-0.3, -0.25) is 4.98 Å². The third kappa shape index (κ3) is 3.05. The van der Waals surface area contributed by atoms with Gasteiger partial charge in [-0.15, -0.1) is 0 Å². The lowest BCUT2D eigenvalue weighted by Crippen LogP contribution is -2.08. The van der Waals surface area contributed by atoms with E-state index in [4.69, 9.17) is 17.3 Å². The molecule has 0 radical (unpaired) electrons. The minimum atomic E-state index is -3.53. The Morgan fingerprint density at radius 2 is 2.05 bits per heavy atom. The summed E-state index contributed by atoms with van der Waals surface area (Å²) in [7, 11) is -3.53. The zero-order chi connectivity index (χ0) is 14.0. The van der Waals surface area contributed by atoms with Gasteiger partial charge in [0.05, 0.1) is 22.5 Å². The highest BCUT2D eigenvalue weighted by molar-refractivity contribution is 7.90. The summed E-state index contributed by atoms with van der Waals surface area (Å²) in [5.41, 5.74) is 7.33. The predicted molar refractivity (Wildman–Crippen MR) is 75.7 cm³/mol. The Morgan fingerprint density at radius 1 is 1.32 bits per heavy atom. The van der Waals surface area contributed by atoms with Crippen molar-refractivity contribution in [2.75, 3.05) is 5.73 Å². The Hall–Kier alpha value is -1.59. The van der Waals surface area contributed by atoms with E-state index in [0.717, 1.165) is 5.56 Å². The van der Waals surface area contributed by atoms with Crippen molar-refractivity contribution in [2.45, 2.75) is 17.6 Å². The minimum absolute atomic E-state index is 0.0825. The van der Waals surface area contributed by atoms with Crippen molar-refractivity contribution >= 4 is 27.1 Å². The van der Waals surface area contributed by atoms with E-state index in [1.54, 1.807) is 12.1 Å². The number of hydrogen-bond acceptors (Lipinski definition) is 4. The summed E-state index contributed by atoms with van der Waals surface area (Å²) in [6, 6.07) is 6.67. The maximum Gasteiger partial charge on any atom is 0.184 e. The highest BCUT2D eigenvalue weighted by atomic mass is 35.5. The number of aromatic nitrogens is 1. The Morgan fingerprint density at radius 3 is 2.68 bits per heavy atom. The first-order valence-electron chi connectivity index (χ1n) is 5.57. The van der Waals surface area contributed by atoms with Crippen molar-refractivity contribution in [2.24, 2.45) is 0 Å². The third-order valence-electron chi connectivity index (χ3n) is 2.70. The van der Waals surface area contributed by atoms with Gasteiger partial charge >= 0.3 is 0 Å². The number of benzene rings is 1. The molecule has 0 saturated carbocycles. The molecular weight excluding hydrogens is 284 g/mol. The van der Waals surface area contributed by atoms with Crippen molar-refractivity contribution < 1.29 is 8.42 Å². The molecule has 0 unspecified atom stereocenters. The number of halogens is 1. The second-order valence-electron chi connectivity index (χ2n) is 4.27. The summed E-state index contributed by atoms with van der Waals surface area (Å²) in [5.74, 6) is -0.180. The van der Waals surface area contributed by atoms with E-state index in [-0.39, 0.29) is 16.3 Å². The number of sulfone groups is 1. The molecule has 2 rings (SSSR count). The van der Waals surface area contributed by atoms with Crippen LogP contribution in [-0.4, -0.2) is 13.4 Å². The summed E-state index contributed by atoms with van der Waals surface area (Å²) >= 11 is 6.05. The molecule has 19 heavy (non-hydrogen) atoms. The lowest BCUT2D eigenvalue weighted by Gasteiger charge is -2.08. The van der Waals surface area contributed by atoms with Crippen LogP contribution in [0.1, 0.15) is 11.1 Å². The normalized spacial score (nSPS) is 11.5. The lowest BCUT2D eigenvalue weighted by molar-refractivity contribution is 0.595. The first-order chi connectivity index (χ1) is 8.90. The van der Waals surface area contributed by atoms with Crippen LogP contribution in [0.3, 0.4) is 0 Å². The molecule has 2 aromatic rings. The molecule has 0 aliphatic rings. The van der Waals surface area contributed by atoms with Crippen LogP contribution in [0, 0.1) is 6.92 Å². The molecule has 0 aliphatic heterocycles. The van der Waals surface area contributed by atoms with E-state index < -0.39 is 9.84 Å². The number of nitrogen functional groups attached to an aromatic ring is 1. The van der Waals surface area contributed by atoms with E-state index in [2.05, 4.69) is 4.98 Å². The molecule has 0 bridgehead atoms. The van der Waals surface area contributed by atoms with E-state index in [9.17, 15) is 8.42 Å². The quantitative estimate of drug-likeness (QED) is 0.945. The fourth-order valence-electron chi connectivity index (χ4n) is 1.73. The number of hydrogen-bond donors (Lipinski definition) is 1. The second-order valence-corrected chi connectivity index (χ2v) is 6.63. The monoisotopic (exact) mass is 296 g/mol. The molecule has 0 amide bonds. The zero-order valence-electron chi connectivity index (χ0n) is 10.3. The van der Waals surface area contributed by atoms with Gasteiger partial charge in [-0.1, -0.05) is 23.7 Å². The van der Waals surface area contributed by atoms with Crippen molar-refractivity contribution in [1.82, 2.24) is 4.98 Å². The summed E-state index contributed by atoms with van der Waals surface area (Å²) in [4.78, 5) is 3.86. The molecule has 0 spiro atoms. The average Bonchev–Trinajstić information content (AvgIpc) is 2.33. The van der Waals surface area contributed by atoms with Gasteiger partial charge in [0.15, 0.2) is 9.84 Å². The van der Waals surface area contributed by atoms with Crippen molar-refractivity contribution in [3.8, 4) is 0 Å². The third-order valence-corrected chi connectivity index (χ3v) is 4.78. The van der Waals surface area contributed by atoms with Crippen molar-refractivity contribution in [1.29, 1.82) is 0 Å². The summed E-state index contributed by atoms with van der Waals surface area (Å²) in [6.07, 6.45) is 2.73. The molecule has 0 saturated heterocycles. The number of pyridine rings is 1. The number of rotatable bonds is 3. The average molecular weight is 297 g/mol. The summed E-state index contributed by atoms with van der Waals surface area (Å²) in [5, 5.41) is 0.441. The second kappa shape index (κ2) is 5.19. The maximum atomic E-state index is 12.3. The molecule has 2 N–H and O–H groups in total. The molecule has 6 heteroatoms. The smallest absolute Gasteiger partial charge is 0.184 e. The van der Waals surface area contributed by atoms with Crippen LogP contribution in [0.25, 0.3) is 0 Å². The van der Waals surface area contributed by atoms with E-state index in [0.29, 0.717) is 10.6 Å². The van der Waals surface area contributed by atoms with Gasteiger partial charge in [-0.2, -0.15) is 0 Å². The van der Waals surface area contributed by atoms with E-state index in [1.807, 2.05) is 13.0 Å². The van der Waals surface area contributed by atoms with Crippen LogP contribution < -0.4 is 5.73 Å². The SMILES string of the molecule is Cc1ccc(CS(=O)(=O)c2ccncc2N)c(Cl)c1. The molecule has 0 atom stereocenters. The van der Waals surface area contributed by atoms with Crippen LogP contribution in [0.15, 0.2) is 41.6 Å². The van der Waals surface area contributed by atoms with Crippen LogP contribution in [0.5, 0.6) is 0 Å². The van der Waals surface area contributed by atoms with Gasteiger partial charge in [0.2, 0.25) is 0 Å². The highest BCUT2D eigenvalue weighted by Crippen LogP contribution is 2.25. The number of nitrogens with zero attached hydrogens (tertiary/aromatic N) is 1. The molecule has 1 heterocycles. The topological polar surface area (TPSA) is 73.0 Å². The van der Waals surface area contributed by atoms with E-state index in [1.165, 1.54) is 18.5 Å². The molecule has 1 aromatic heterocycles. The zero-order valence-corrected chi connectivity index (χ0v) is 11.9. The van der Waals surface area contributed by atoms with Crippen LogP contribution in [0.2, 0.25) is 5.02 Å². The van der Waals surface area contributed by atoms with Gasteiger partial charge in [0, 0.05) is 11.2 Å². The first-order valence-corrected chi connectivity index (χ1v) is 7.60. The van der Waals surface area contributed by atoms with Gasteiger partial charge in [0.25, 0.3) is 0 Å². The molecule has 4 nitrogen and oxygen atoms in total. The lowest BCUT2D eigenvalue weighted by atomic mass is 10.2. The molecule has 1 aromatic carbocycles. The Bertz CT molecular complexity index is 714. The number of aryl methyl sites for hydroxylation is 1. The molecular formula is C13H13ClN2O2S. The van der Waals surface area contributed by atoms with Crippen LogP contribution in [-0.2, 0) is 15.6 Å². The summed E-state index contributed by atoms with van der Waals surface area (Å²) < 4.78 is 24.6. The maximum absolute atomic E-state index is 12.3. The van der Waals surface area contributed by atoms with Crippen molar-refractivity contribution in [3.05, 3.63) is 52.8 Å². The van der Waals surface area contributed by atoms with Crippen LogP contribution >= 0.6 is 11.6 Å². The molecule has 0 fully saturated rings. The molecule has 100 valence electrons. The Balaban J connectivity index is 2.40.